The lowest BCUT2D eigenvalue weighted by atomic mass is 9.74. The molecule has 174 valence electrons. The number of rotatable bonds is 9. The minimum absolute atomic E-state index is 0.0569. The minimum Gasteiger partial charge on any atom is -0.435 e. The van der Waals surface area contributed by atoms with Crippen LogP contribution >= 0.6 is 0 Å². The predicted octanol–water partition coefficient (Wildman–Crippen LogP) is 3.62. The molecule has 0 saturated carbocycles. The van der Waals surface area contributed by atoms with E-state index in [2.05, 4.69) is 27.5 Å². The highest BCUT2D eigenvalue weighted by atomic mass is 19.3. The third-order valence-corrected chi connectivity index (χ3v) is 5.67. The van der Waals surface area contributed by atoms with Crippen LogP contribution in [0.15, 0.2) is 59.6 Å². The zero-order valence-corrected chi connectivity index (χ0v) is 18.3. The summed E-state index contributed by atoms with van der Waals surface area (Å²) in [6.45, 7) is 2.03. The third kappa shape index (κ3) is 6.64. The number of aliphatic hydroxyl groups excluding tert-OH is 1. The first-order chi connectivity index (χ1) is 15.5. The number of halogens is 2. The molecule has 1 aliphatic rings. The number of hydrogen-bond donors (Lipinski definition) is 3. The number of benzene rings is 2. The third-order valence-electron chi connectivity index (χ3n) is 5.67. The van der Waals surface area contributed by atoms with Crippen LogP contribution in [-0.4, -0.2) is 50.5 Å². The van der Waals surface area contributed by atoms with E-state index in [9.17, 15) is 13.9 Å². The first-order valence-electron chi connectivity index (χ1n) is 10.9. The maximum atomic E-state index is 12.3. The maximum Gasteiger partial charge on any atom is 0.387 e. The van der Waals surface area contributed by atoms with Gasteiger partial charge >= 0.3 is 6.61 Å². The van der Waals surface area contributed by atoms with Gasteiger partial charge < -0.3 is 25.2 Å². The van der Waals surface area contributed by atoms with Crippen molar-refractivity contribution in [1.82, 2.24) is 10.6 Å². The molecule has 32 heavy (non-hydrogen) atoms. The van der Waals surface area contributed by atoms with E-state index >= 15 is 0 Å². The molecule has 1 saturated heterocycles. The lowest BCUT2D eigenvalue weighted by Crippen LogP contribution is -2.42. The molecule has 0 amide bonds. The van der Waals surface area contributed by atoms with Crippen LogP contribution in [0, 0.1) is 0 Å². The zero-order valence-electron chi connectivity index (χ0n) is 18.3. The van der Waals surface area contributed by atoms with E-state index < -0.39 is 12.7 Å². The van der Waals surface area contributed by atoms with Gasteiger partial charge in [-0.15, -0.1) is 0 Å². The van der Waals surface area contributed by atoms with Gasteiger partial charge in [0.25, 0.3) is 0 Å². The van der Waals surface area contributed by atoms with E-state index in [1.807, 2.05) is 25.1 Å². The Labute approximate surface area is 187 Å². The molecule has 0 aromatic heterocycles. The van der Waals surface area contributed by atoms with E-state index in [0.717, 1.165) is 12.8 Å². The first kappa shape index (κ1) is 23.9. The van der Waals surface area contributed by atoms with E-state index in [-0.39, 0.29) is 17.7 Å². The number of nitrogens with one attached hydrogen (secondary N) is 2. The van der Waals surface area contributed by atoms with Gasteiger partial charge in [0.2, 0.25) is 0 Å². The van der Waals surface area contributed by atoms with Crippen molar-refractivity contribution in [3.63, 3.8) is 0 Å². The van der Waals surface area contributed by atoms with Gasteiger partial charge in [-0.05, 0) is 43.0 Å². The fraction of sp³-hybridized carbons (Fsp3) is 0.458. The summed E-state index contributed by atoms with van der Waals surface area (Å²) in [6.07, 6.45) is 0.969. The summed E-state index contributed by atoms with van der Waals surface area (Å²) < 4.78 is 34.5. The molecule has 0 spiro atoms. The Morgan fingerprint density at radius 2 is 1.78 bits per heavy atom. The van der Waals surface area contributed by atoms with Gasteiger partial charge in [0.05, 0.1) is 12.6 Å². The highest BCUT2D eigenvalue weighted by Gasteiger charge is 2.34. The van der Waals surface area contributed by atoms with E-state index in [0.29, 0.717) is 37.8 Å². The van der Waals surface area contributed by atoms with E-state index in [1.165, 1.54) is 17.7 Å². The number of aliphatic imine (C=N–C) groups is 1. The van der Waals surface area contributed by atoms with Crippen LogP contribution < -0.4 is 15.4 Å². The van der Waals surface area contributed by atoms with Crippen LogP contribution in [-0.2, 0) is 10.2 Å². The average Bonchev–Trinajstić information content (AvgIpc) is 2.82. The summed E-state index contributed by atoms with van der Waals surface area (Å²) in [6, 6.07) is 16.4. The molecule has 1 heterocycles. The molecule has 0 bridgehead atoms. The molecule has 1 aliphatic heterocycles. The average molecular weight is 448 g/mol. The van der Waals surface area contributed by atoms with Gasteiger partial charge in [0.15, 0.2) is 5.96 Å². The second-order valence-corrected chi connectivity index (χ2v) is 7.80. The van der Waals surface area contributed by atoms with Crippen LogP contribution in [0.1, 0.15) is 37.0 Å². The molecule has 3 N–H and O–H groups in total. The Bertz CT molecular complexity index is 841. The number of aliphatic hydroxyl groups is 1. The molecule has 0 radical (unpaired) electrons. The molecule has 8 heteroatoms. The van der Waals surface area contributed by atoms with Crippen molar-refractivity contribution in [2.45, 2.75) is 37.9 Å². The summed E-state index contributed by atoms with van der Waals surface area (Å²) in [5, 5.41) is 16.9. The standard InChI is InChI=1S/C24H31F2N3O3/c1-2-27-23(28-16-21(30)18-8-10-20(11-9-18)32-22(25)26)29-17-24(12-14-31-15-13-24)19-6-4-3-5-7-19/h3-11,21-22,30H,2,12-17H2,1H3,(H2,27,28,29). The van der Waals surface area contributed by atoms with Gasteiger partial charge in [0.1, 0.15) is 5.75 Å². The van der Waals surface area contributed by atoms with Crippen LogP contribution in [0.5, 0.6) is 5.75 Å². The molecule has 1 unspecified atom stereocenters. The fourth-order valence-electron chi connectivity index (χ4n) is 3.85. The minimum atomic E-state index is -2.87. The van der Waals surface area contributed by atoms with Crippen LogP contribution in [0.2, 0.25) is 0 Å². The van der Waals surface area contributed by atoms with Gasteiger partial charge in [0, 0.05) is 31.7 Å². The zero-order chi connectivity index (χ0) is 22.8. The second-order valence-electron chi connectivity index (χ2n) is 7.80. The van der Waals surface area contributed by atoms with Gasteiger partial charge in [-0.25, -0.2) is 0 Å². The molecular weight excluding hydrogens is 416 g/mol. The highest BCUT2D eigenvalue weighted by molar-refractivity contribution is 5.79. The van der Waals surface area contributed by atoms with Crippen molar-refractivity contribution in [3.8, 4) is 5.75 Å². The SMILES string of the molecule is CCNC(=NCC1(c2ccccc2)CCOCC1)NCC(O)c1ccc(OC(F)F)cc1. The first-order valence-corrected chi connectivity index (χ1v) is 10.9. The monoisotopic (exact) mass is 447 g/mol. The van der Waals surface area contributed by atoms with Gasteiger partial charge in [-0.3, -0.25) is 4.99 Å². The van der Waals surface area contributed by atoms with Crippen LogP contribution in [0.3, 0.4) is 0 Å². The Balaban J connectivity index is 1.65. The van der Waals surface area contributed by atoms with Gasteiger partial charge in [-0.2, -0.15) is 8.78 Å². The number of alkyl halides is 2. The van der Waals surface area contributed by atoms with Gasteiger partial charge in [-0.1, -0.05) is 42.5 Å². The normalized spacial score (nSPS) is 17.1. The van der Waals surface area contributed by atoms with Crippen molar-refractivity contribution in [2.75, 3.05) is 32.8 Å². The van der Waals surface area contributed by atoms with Crippen LogP contribution in [0.25, 0.3) is 0 Å². The molecule has 3 rings (SSSR count). The summed E-state index contributed by atoms with van der Waals surface area (Å²) in [7, 11) is 0. The van der Waals surface area contributed by atoms with Crippen molar-refractivity contribution in [1.29, 1.82) is 0 Å². The Morgan fingerprint density at radius 1 is 1.09 bits per heavy atom. The molecule has 0 aliphatic carbocycles. The predicted molar refractivity (Wildman–Crippen MR) is 120 cm³/mol. The lowest BCUT2D eigenvalue weighted by Gasteiger charge is -2.36. The summed E-state index contributed by atoms with van der Waals surface area (Å²) in [5.74, 6) is 0.674. The lowest BCUT2D eigenvalue weighted by molar-refractivity contribution is -0.0498. The molecule has 6 nitrogen and oxygen atoms in total. The Morgan fingerprint density at radius 3 is 2.41 bits per heavy atom. The van der Waals surface area contributed by atoms with Crippen molar-refractivity contribution in [3.05, 3.63) is 65.7 Å². The summed E-state index contributed by atoms with van der Waals surface area (Å²) in [4.78, 5) is 4.82. The second kappa shape index (κ2) is 11.8. The summed E-state index contributed by atoms with van der Waals surface area (Å²) >= 11 is 0. The molecular formula is C24H31F2N3O3. The Kier molecular flexibility index (Phi) is 8.81. The Hall–Kier alpha value is -2.71. The quantitative estimate of drug-likeness (QED) is 0.404. The fourth-order valence-corrected chi connectivity index (χ4v) is 3.85. The molecule has 2 aromatic rings. The van der Waals surface area contributed by atoms with E-state index in [4.69, 9.17) is 9.73 Å². The number of guanidine groups is 1. The number of ether oxygens (including phenoxy) is 2. The molecule has 1 fully saturated rings. The largest absolute Gasteiger partial charge is 0.435 e. The number of nitrogens with zero attached hydrogens (tertiary/aromatic N) is 1. The van der Waals surface area contributed by atoms with Crippen molar-refractivity contribution in [2.24, 2.45) is 4.99 Å². The van der Waals surface area contributed by atoms with Crippen molar-refractivity contribution >= 4 is 5.96 Å². The topological polar surface area (TPSA) is 75.1 Å². The maximum absolute atomic E-state index is 12.3. The van der Waals surface area contributed by atoms with Crippen LogP contribution in [0.4, 0.5) is 8.78 Å². The van der Waals surface area contributed by atoms with E-state index in [1.54, 1.807) is 12.1 Å². The highest BCUT2D eigenvalue weighted by Crippen LogP contribution is 2.35. The number of hydrogen-bond acceptors (Lipinski definition) is 4. The van der Waals surface area contributed by atoms with Crippen molar-refractivity contribution < 1.29 is 23.4 Å². The summed E-state index contributed by atoms with van der Waals surface area (Å²) in [5.41, 5.74) is 1.77. The molecule has 2 aromatic carbocycles. The molecule has 1 atom stereocenters. The smallest absolute Gasteiger partial charge is 0.387 e.